The van der Waals surface area contributed by atoms with Crippen LogP contribution in [0.15, 0.2) is 36.7 Å². The van der Waals surface area contributed by atoms with Crippen LogP contribution in [0.5, 0.6) is 23.1 Å². The number of carbonyl (C=O) groups excluding carboxylic acids is 2. The molecule has 228 valence electrons. The van der Waals surface area contributed by atoms with Gasteiger partial charge in [0, 0.05) is 42.4 Å². The molecular formula is C33H38ClN3O6. The molecule has 0 bridgehead atoms. The lowest BCUT2D eigenvalue weighted by atomic mass is 9.77. The first-order valence-corrected chi connectivity index (χ1v) is 15.6. The van der Waals surface area contributed by atoms with E-state index in [0.717, 1.165) is 51.1 Å². The summed E-state index contributed by atoms with van der Waals surface area (Å²) >= 11 is 6.54. The molecule has 3 aromatic rings. The fraction of sp³-hybridized carbons (Fsp3) is 0.515. The number of amides is 1. The molecule has 2 aliphatic heterocycles. The Hall–Kier alpha value is -3.43. The summed E-state index contributed by atoms with van der Waals surface area (Å²) in [4.78, 5) is 35.9. The Morgan fingerprint density at radius 2 is 1.88 bits per heavy atom. The van der Waals surface area contributed by atoms with Gasteiger partial charge in [0.2, 0.25) is 11.8 Å². The molecular weight excluding hydrogens is 570 g/mol. The molecule has 1 aromatic heterocycles. The molecule has 6 rings (SSSR count). The lowest BCUT2D eigenvalue weighted by Crippen LogP contribution is -2.52. The molecule has 2 saturated heterocycles. The van der Waals surface area contributed by atoms with Crippen LogP contribution in [-0.2, 0) is 20.7 Å². The number of likely N-dealkylation sites (tertiary alicyclic amines) is 1. The van der Waals surface area contributed by atoms with Crippen molar-refractivity contribution in [1.82, 2.24) is 14.9 Å². The number of ketones is 1. The van der Waals surface area contributed by atoms with Crippen molar-refractivity contribution in [3.05, 3.63) is 47.2 Å². The van der Waals surface area contributed by atoms with Crippen LogP contribution in [0, 0.1) is 11.3 Å². The van der Waals surface area contributed by atoms with E-state index in [-0.39, 0.29) is 24.7 Å². The number of aromatic nitrogens is 2. The molecule has 43 heavy (non-hydrogen) atoms. The van der Waals surface area contributed by atoms with Crippen molar-refractivity contribution in [3.8, 4) is 23.1 Å². The zero-order valence-electron chi connectivity index (χ0n) is 24.6. The Balaban J connectivity index is 1.07. The molecule has 3 fully saturated rings. The number of nitrogens with zero attached hydrogens (tertiary/aromatic N) is 3. The Labute approximate surface area is 256 Å². The third-order valence-corrected chi connectivity index (χ3v) is 9.49. The average Bonchev–Trinajstić information content (AvgIpc) is 2.96. The Morgan fingerprint density at radius 3 is 2.56 bits per heavy atom. The second-order valence-corrected chi connectivity index (χ2v) is 12.5. The van der Waals surface area contributed by atoms with Crippen molar-refractivity contribution < 1.29 is 28.5 Å². The van der Waals surface area contributed by atoms with Gasteiger partial charge in [-0.3, -0.25) is 9.59 Å². The number of benzene rings is 2. The smallest absolute Gasteiger partial charge is 0.230 e. The fourth-order valence-electron chi connectivity index (χ4n) is 6.00. The van der Waals surface area contributed by atoms with Gasteiger partial charge in [-0.2, -0.15) is 0 Å². The highest BCUT2D eigenvalue weighted by atomic mass is 35.5. The number of carbonyl (C=O) groups is 2. The molecule has 2 aromatic carbocycles. The van der Waals surface area contributed by atoms with Crippen LogP contribution in [0.2, 0.25) is 5.02 Å². The highest BCUT2D eigenvalue weighted by Gasteiger charge is 2.41. The van der Waals surface area contributed by atoms with E-state index in [4.69, 9.17) is 30.5 Å². The van der Waals surface area contributed by atoms with Crippen LogP contribution in [0.1, 0.15) is 56.9 Å². The standard InChI is InChI=1S/C33H38ClN3O6/c1-40-29-17-26-28(18-30(29)42-14-9-31(39)37-12-10-33(11-13-37)19-41-20-33)35-21-36-32(26)43-25-8-6-23(27(34)16-25)15-24(38)7-5-22-3-2-4-22/h6,8,16-18,21-22H,2-5,7,9-15,19-20H2,1H3. The first kappa shape index (κ1) is 29.6. The molecule has 9 nitrogen and oxygen atoms in total. The summed E-state index contributed by atoms with van der Waals surface area (Å²) in [6, 6.07) is 8.86. The molecule has 3 heterocycles. The normalized spacial score (nSPS) is 17.8. The minimum Gasteiger partial charge on any atom is -0.493 e. The summed E-state index contributed by atoms with van der Waals surface area (Å²) in [7, 11) is 1.56. The van der Waals surface area contributed by atoms with Crippen LogP contribution in [0.25, 0.3) is 10.9 Å². The first-order chi connectivity index (χ1) is 20.9. The summed E-state index contributed by atoms with van der Waals surface area (Å²) in [6.45, 7) is 3.41. The first-order valence-electron chi connectivity index (χ1n) is 15.2. The number of fused-ring (bicyclic) bond motifs is 1. The van der Waals surface area contributed by atoms with Gasteiger partial charge in [0.05, 0.1) is 44.3 Å². The Bertz CT molecular complexity index is 1480. The van der Waals surface area contributed by atoms with Crippen LogP contribution < -0.4 is 14.2 Å². The highest BCUT2D eigenvalue weighted by Crippen LogP contribution is 2.39. The van der Waals surface area contributed by atoms with Crippen molar-refractivity contribution in [2.24, 2.45) is 11.3 Å². The third kappa shape index (κ3) is 6.88. The van der Waals surface area contributed by atoms with E-state index in [1.54, 1.807) is 31.4 Å². The van der Waals surface area contributed by atoms with Gasteiger partial charge < -0.3 is 23.8 Å². The molecule has 10 heteroatoms. The fourth-order valence-corrected chi connectivity index (χ4v) is 6.24. The quantitative estimate of drug-likeness (QED) is 0.240. The second kappa shape index (κ2) is 13.1. The third-order valence-electron chi connectivity index (χ3n) is 9.13. The lowest BCUT2D eigenvalue weighted by molar-refractivity contribution is -0.153. The number of piperidine rings is 1. The van der Waals surface area contributed by atoms with E-state index in [1.165, 1.54) is 25.6 Å². The van der Waals surface area contributed by atoms with Gasteiger partial charge in [0.25, 0.3) is 0 Å². The number of hydrogen-bond donors (Lipinski definition) is 0. The number of halogens is 1. The molecule has 0 radical (unpaired) electrons. The van der Waals surface area contributed by atoms with Crippen LogP contribution in [0.4, 0.5) is 0 Å². The maximum Gasteiger partial charge on any atom is 0.230 e. The lowest BCUT2D eigenvalue weighted by Gasteiger charge is -2.47. The molecule has 1 aliphatic carbocycles. The number of rotatable bonds is 12. The predicted octanol–water partition coefficient (Wildman–Crippen LogP) is 6.18. The van der Waals surface area contributed by atoms with Crippen molar-refractivity contribution in [2.45, 2.75) is 57.8 Å². The minimum atomic E-state index is 0.0931. The van der Waals surface area contributed by atoms with Gasteiger partial charge in [-0.15, -0.1) is 0 Å². The van der Waals surface area contributed by atoms with Gasteiger partial charge in [-0.1, -0.05) is 36.9 Å². The second-order valence-electron chi connectivity index (χ2n) is 12.1. The molecule has 3 aliphatic rings. The summed E-state index contributed by atoms with van der Waals surface area (Å²) in [6.07, 6.45) is 9.38. The van der Waals surface area contributed by atoms with Crippen LogP contribution in [0.3, 0.4) is 0 Å². The molecule has 1 saturated carbocycles. The monoisotopic (exact) mass is 607 g/mol. The molecule has 0 unspecified atom stereocenters. The van der Waals surface area contributed by atoms with E-state index in [1.807, 2.05) is 11.0 Å². The van der Waals surface area contributed by atoms with Crippen molar-refractivity contribution in [2.75, 3.05) is 40.0 Å². The molecule has 0 atom stereocenters. The Morgan fingerprint density at radius 1 is 1.07 bits per heavy atom. The van der Waals surface area contributed by atoms with E-state index < -0.39 is 0 Å². The molecule has 1 spiro atoms. The van der Waals surface area contributed by atoms with Crippen LogP contribution >= 0.6 is 11.6 Å². The van der Waals surface area contributed by atoms with Gasteiger partial charge in [-0.25, -0.2) is 9.97 Å². The van der Waals surface area contributed by atoms with E-state index in [2.05, 4.69) is 9.97 Å². The van der Waals surface area contributed by atoms with Crippen molar-refractivity contribution in [1.29, 1.82) is 0 Å². The molecule has 1 amide bonds. The highest BCUT2D eigenvalue weighted by molar-refractivity contribution is 6.31. The van der Waals surface area contributed by atoms with Gasteiger partial charge in [0.15, 0.2) is 11.5 Å². The summed E-state index contributed by atoms with van der Waals surface area (Å²) in [5, 5.41) is 1.12. The number of hydrogen-bond acceptors (Lipinski definition) is 8. The van der Waals surface area contributed by atoms with E-state index in [0.29, 0.717) is 63.2 Å². The topological polar surface area (TPSA) is 100 Å². The largest absolute Gasteiger partial charge is 0.493 e. The predicted molar refractivity (Wildman–Crippen MR) is 162 cm³/mol. The minimum absolute atomic E-state index is 0.0931. The van der Waals surface area contributed by atoms with Gasteiger partial charge >= 0.3 is 0 Å². The van der Waals surface area contributed by atoms with Gasteiger partial charge in [-0.05, 0) is 48.9 Å². The maximum atomic E-state index is 12.8. The zero-order valence-corrected chi connectivity index (χ0v) is 25.4. The Kier molecular flexibility index (Phi) is 9.00. The van der Waals surface area contributed by atoms with Crippen molar-refractivity contribution in [3.63, 3.8) is 0 Å². The summed E-state index contributed by atoms with van der Waals surface area (Å²) in [5.74, 6) is 2.83. The summed E-state index contributed by atoms with van der Waals surface area (Å²) < 4.78 is 23.1. The zero-order chi connectivity index (χ0) is 29.8. The number of ether oxygens (including phenoxy) is 4. The SMILES string of the molecule is COc1cc2c(Oc3ccc(CC(=O)CCC4CCC4)c(Cl)c3)ncnc2cc1OCCC(=O)N1CCC2(CC1)COC2. The van der Waals surface area contributed by atoms with Gasteiger partial charge in [0.1, 0.15) is 17.9 Å². The molecule has 0 N–H and O–H groups in total. The summed E-state index contributed by atoms with van der Waals surface area (Å²) in [5.41, 5.74) is 1.69. The van der Waals surface area contributed by atoms with Crippen LogP contribution in [-0.4, -0.2) is 66.6 Å². The maximum absolute atomic E-state index is 12.8. The van der Waals surface area contributed by atoms with E-state index >= 15 is 0 Å². The van der Waals surface area contributed by atoms with E-state index in [9.17, 15) is 9.59 Å². The number of methoxy groups -OCH3 is 1. The average molecular weight is 608 g/mol. The van der Waals surface area contributed by atoms with Crippen molar-refractivity contribution >= 4 is 34.2 Å². The number of Topliss-reactive ketones (excluding diaryl/α,β-unsaturated/α-hetero) is 1.